The molecule has 2 aromatic heterocycles. The average molecular weight is 306 g/mol. The van der Waals surface area contributed by atoms with Crippen molar-refractivity contribution in [2.45, 2.75) is 40.0 Å². The van der Waals surface area contributed by atoms with Crippen molar-refractivity contribution in [1.29, 1.82) is 0 Å². The highest BCUT2D eigenvalue weighted by Crippen LogP contribution is 2.35. The highest BCUT2D eigenvalue weighted by Gasteiger charge is 2.22. The van der Waals surface area contributed by atoms with Gasteiger partial charge in [-0.15, -0.1) is 16.4 Å². The van der Waals surface area contributed by atoms with Crippen LogP contribution in [-0.2, 0) is 0 Å². The first-order chi connectivity index (χ1) is 9.97. The quantitative estimate of drug-likeness (QED) is 0.861. The summed E-state index contributed by atoms with van der Waals surface area (Å²) in [5.74, 6) is -0.0244. The summed E-state index contributed by atoms with van der Waals surface area (Å²) < 4.78 is 0. The monoisotopic (exact) mass is 306 g/mol. The Labute approximate surface area is 129 Å². The number of carbonyl (C=O) groups excluding carboxylic acids is 1. The van der Waals surface area contributed by atoms with Gasteiger partial charge in [0.1, 0.15) is 9.71 Å². The fraction of sp³-hybridized carbons (Fsp3) is 0.533. The minimum atomic E-state index is -0.0244. The number of nitrogens with zero attached hydrogens (tertiary/aromatic N) is 3. The van der Waals surface area contributed by atoms with Gasteiger partial charge in [-0.1, -0.05) is 19.8 Å². The van der Waals surface area contributed by atoms with Crippen LogP contribution < -0.4 is 5.73 Å². The Hall–Kier alpha value is -1.69. The van der Waals surface area contributed by atoms with Gasteiger partial charge >= 0.3 is 0 Å². The normalized spacial score (nSPS) is 11.0. The first kappa shape index (κ1) is 15.7. The molecule has 0 radical (unpaired) electrons. The maximum atomic E-state index is 12.5. The summed E-state index contributed by atoms with van der Waals surface area (Å²) in [5, 5.41) is 9.14. The smallest absolute Gasteiger partial charge is 0.265 e. The number of hydrogen-bond acceptors (Lipinski definition) is 5. The number of aryl methyl sites for hydroxylation is 2. The predicted molar refractivity (Wildman–Crippen MR) is 87.8 cm³/mol. The zero-order chi connectivity index (χ0) is 15.6. The molecule has 2 N–H and O–H groups in total. The Balaban J connectivity index is 2.32. The van der Waals surface area contributed by atoms with E-state index >= 15 is 0 Å². The highest BCUT2D eigenvalue weighted by atomic mass is 32.1. The molecule has 1 amide bonds. The third-order valence-corrected chi connectivity index (χ3v) is 4.85. The second-order valence-corrected chi connectivity index (χ2v) is 6.37. The number of anilines is 1. The van der Waals surface area contributed by atoms with Crippen LogP contribution in [0.25, 0.3) is 10.2 Å². The molecule has 2 heterocycles. The predicted octanol–water partition coefficient (Wildman–Crippen LogP) is 3.15. The zero-order valence-electron chi connectivity index (χ0n) is 13.1. The Morgan fingerprint density at radius 1 is 1.29 bits per heavy atom. The third kappa shape index (κ3) is 3.00. The lowest BCUT2D eigenvalue weighted by molar-refractivity contribution is 0.0798. The SMILES string of the molecule is CCCCCN(C)C(=O)c1sc2nnc(C)c(C)c2c1N. The first-order valence-electron chi connectivity index (χ1n) is 7.24. The summed E-state index contributed by atoms with van der Waals surface area (Å²) in [4.78, 5) is 15.6. The Morgan fingerprint density at radius 3 is 2.67 bits per heavy atom. The van der Waals surface area contributed by atoms with Gasteiger partial charge in [0.05, 0.1) is 11.4 Å². The van der Waals surface area contributed by atoms with Crippen LogP contribution in [0.4, 0.5) is 5.69 Å². The third-order valence-electron chi connectivity index (χ3n) is 3.77. The van der Waals surface area contributed by atoms with E-state index in [1.165, 1.54) is 11.3 Å². The van der Waals surface area contributed by atoms with Crippen LogP contribution in [0.1, 0.15) is 47.1 Å². The van der Waals surface area contributed by atoms with E-state index in [4.69, 9.17) is 5.73 Å². The first-order valence-corrected chi connectivity index (χ1v) is 8.06. The number of aromatic nitrogens is 2. The fourth-order valence-corrected chi connectivity index (χ4v) is 3.37. The number of nitrogens with two attached hydrogens (primary N) is 1. The van der Waals surface area contributed by atoms with Crippen molar-refractivity contribution in [3.63, 3.8) is 0 Å². The molecule has 0 spiro atoms. The summed E-state index contributed by atoms with van der Waals surface area (Å²) in [5.41, 5.74) is 8.59. The average Bonchev–Trinajstić information content (AvgIpc) is 2.80. The molecule has 0 aliphatic carbocycles. The minimum Gasteiger partial charge on any atom is -0.397 e. The van der Waals surface area contributed by atoms with Crippen LogP contribution in [0.5, 0.6) is 0 Å². The summed E-state index contributed by atoms with van der Waals surface area (Å²) in [6.07, 6.45) is 3.28. The minimum absolute atomic E-state index is 0.0244. The number of carbonyl (C=O) groups is 1. The summed E-state index contributed by atoms with van der Waals surface area (Å²) in [6, 6.07) is 0. The van der Waals surface area contributed by atoms with Crippen LogP contribution in [0.2, 0.25) is 0 Å². The second-order valence-electron chi connectivity index (χ2n) is 5.37. The fourth-order valence-electron chi connectivity index (χ4n) is 2.27. The molecule has 5 nitrogen and oxygen atoms in total. The van der Waals surface area contributed by atoms with Gasteiger partial charge in [-0.3, -0.25) is 4.79 Å². The van der Waals surface area contributed by atoms with E-state index < -0.39 is 0 Å². The molecule has 114 valence electrons. The van der Waals surface area contributed by atoms with Crippen molar-refractivity contribution in [2.75, 3.05) is 19.3 Å². The lowest BCUT2D eigenvalue weighted by Gasteiger charge is -2.16. The summed E-state index contributed by atoms with van der Waals surface area (Å²) >= 11 is 1.33. The van der Waals surface area contributed by atoms with Gasteiger partial charge in [0.2, 0.25) is 0 Å². The van der Waals surface area contributed by atoms with Crippen LogP contribution in [0.15, 0.2) is 0 Å². The lowest BCUT2D eigenvalue weighted by atomic mass is 10.1. The molecule has 2 aromatic rings. The topological polar surface area (TPSA) is 72.1 Å². The van der Waals surface area contributed by atoms with Crippen molar-refractivity contribution in [1.82, 2.24) is 15.1 Å². The van der Waals surface area contributed by atoms with E-state index in [2.05, 4.69) is 17.1 Å². The Kier molecular flexibility index (Phi) is 4.77. The molecule has 0 aliphatic heterocycles. The number of hydrogen-bond donors (Lipinski definition) is 1. The highest BCUT2D eigenvalue weighted by molar-refractivity contribution is 7.21. The molecule has 0 aliphatic rings. The molecule has 21 heavy (non-hydrogen) atoms. The van der Waals surface area contributed by atoms with Gasteiger partial charge in [-0.05, 0) is 25.8 Å². The van der Waals surface area contributed by atoms with Crippen LogP contribution in [0, 0.1) is 13.8 Å². The molecule has 0 saturated heterocycles. The lowest BCUT2D eigenvalue weighted by Crippen LogP contribution is -2.27. The van der Waals surface area contributed by atoms with Gasteiger partial charge in [-0.2, -0.15) is 5.10 Å². The maximum absolute atomic E-state index is 12.5. The zero-order valence-corrected chi connectivity index (χ0v) is 13.9. The molecular formula is C15H22N4OS. The van der Waals surface area contributed by atoms with Gasteiger partial charge in [0.15, 0.2) is 0 Å². The van der Waals surface area contributed by atoms with E-state index in [1.54, 1.807) is 4.90 Å². The van der Waals surface area contributed by atoms with Crippen molar-refractivity contribution < 1.29 is 4.79 Å². The molecule has 0 fully saturated rings. The number of nitrogen functional groups attached to an aromatic ring is 1. The molecule has 2 rings (SSSR count). The van der Waals surface area contributed by atoms with Crippen LogP contribution in [-0.4, -0.2) is 34.6 Å². The number of unbranched alkanes of at least 4 members (excludes halogenated alkanes) is 2. The van der Waals surface area contributed by atoms with Gasteiger partial charge in [0, 0.05) is 19.0 Å². The standard InChI is InChI=1S/C15H22N4OS/c1-5-6-7-8-19(4)15(20)13-12(16)11-9(2)10(3)17-18-14(11)21-13/h5-8,16H2,1-4H3. The number of rotatable bonds is 5. The largest absolute Gasteiger partial charge is 0.397 e. The van der Waals surface area contributed by atoms with Crippen molar-refractivity contribution in [2.24, 2.45) is 0 Å². The van der Waals surface area contributed by atoms with Crippen LogP contribution >= 0.6 is 11.3 Å². The van der Waals surface area contributed by atoms with E-state index in [0.717, 1.165) is 47.3 Å². The molecule has 0 saturated carbocycles. The molecule has 0 unspecified atom stereocenters. The molecule has 0 atom stereocenters. The summed E-state index contributed by atoms with van der Waals surface area (Å²) in [7, 11) is 1.83. The number of fused-ring (bicyclic) bond motifs is 1. The van der Waals surface area contributed by atoms with Gasteiger partial charge in [-0.25, -0.2) is 0 Å². The van der Waals surface area contributed by atoms with Gasteiger partial charge < -0.3 is 10.6 Å². The Morgan fingerprint density at radius 2 is 2.00 bits per heavy atom. The number of thiophene rings is 1. The molecule has 6 heteroatoms. The number of amides is 1. The van der Waals surface area contributed by atoms with E-state index in [-0.39, 0.29) is 5.91 Å². The van der Waals surface area contributed by atoms with Gasteiger partial charge in [0.25, 0.3) is 5.91 Å². The van der Waals surface area contributed by atoms with E-state index in [1.807, 2.05) is 20.9 Å². The summed E-state index contributed by atoms with van der Waals surface area (Å²) in [6.45, 7) is 6.77. The van der Waals surface area contributed by atoms with Crippen molar-refractivity contribution in [3.8, 4) is 0 Å². The maximum Gasteiger partial charge on any atom is 0.265 e. The van der Waals surface area contributed by atoms with E-state index in [0.29, 0.717) is 10.6 Å². The molecule has 0 bridgehead atoms. The second kappa shape index (κ2) is 6.39. The van der Waals surface area contributed by atoms with E-state index in [9.17, 15) is 4.79 Å². The Bertz CT molecular complexity index is 665. The molecule has 0 aromatic carbocycles. The van der Waals surface area contributed by atoms with Crippen molar-refractivity contribution >= 4 is 33.1 Å². The van der Waals surface area contributed by atoms with Crippen LogP contribution in [0.3, 0.4) is 0 Å². The van der Waals surface area contributed by atoms with Crippen molar-refractivity contribution in [3.05, 3.63) is 16.1 Å². The molecular weight excluding hydrogens is 284 g/mol.